The molecule has 1 fully saturated rings. The van der Waals surface area contributed by atoms with Crippen LogP contribution >= 0.6 is 15.9 Å². The summed E-state index contributed by atoms with van der Waals surface area (Å²) in [6.07, 6.45) is 0. The molecule has 0 aliphatic carbocycles. The Labute approximate surface area is 132 Å². The Morgan fingerprint density at radius 3 is 2.71 bits per heavy atom. The number of rotatable bonds is 4. The average molecular weight is 359 g/mol. The Morgan fingerprint density at radius 1 is 1.48 bits per heavy atom. The zero-order valence-electron chi connectivity index (χ0n) is 12.3. The van der Waals surface area contributed by atoms with E-state index in [1.807, 2.05) is 4.90 Å². The predicted octanol–water partition coefficient (Wildman–Crippen LogP) is 2.27. The van der Waals surface area contributed by atoms with Crippen LogP contribution in [0.1, 0.15) is 19.4 Å². The zero-order chi connectivity index (χ0) is 15.5. The number of carbonyl (C=O) groups is 1. The summed E-state index contributed by atoms with van der Waals surface area (Å²) in [5.74, 6) is -0.813. The smallest absolute Gasteiger partial charge is 0.331 e. The van der Waals surface area contributed by atoms with Gasteiger partial charge in [-0.3, -0.25) is 4.90 Å². The van der Waals surface area contributed by atoms with Gasteiger partial charge in [0.15, 0.2) is 0 Å². The number of ether oxygens (including phenoxy) is 1. The monoisotopic (exact) mass is 358 g/mol. The van der Waals surface area contributed by atoms with Crippen LogP contribution in [0.2, 0.25) is 0 Å². The first-order chi connectivity index (χ1) is 10.00. The fourth-order valence-corrected chi connectivity index (χ4v) is 3.01. The van der Waals surface area contributed by atoms with E-state index in [0.717, 1.165) is 13.1 Å². The van der Waals surface area contributed by atoms with Gasteiger partial charge in [0.05, 0.1) is 6.61 Å². The molecule has 0 amide bonds. The Kier molecular flexibility index (Phi) is 5.35. The fourth-order valence-electron chi connectivity index (χ4n) is 2.68. The molecular weight excluding hydrogens is 339 g/mol. The molecule has 0 bridgehead atoms. The summed E-state index contributed by atoms with van der Waals surface area (Å²) < 4.78 is 20.3. The van der Waals surface area contributed by atoms with Crippen molar-refractivity contribution in [3.8, 4) is 0 Å². The summed E-state index contributed by atoms with van der Waals surface area (Å²) in [4.78, 5) is 14.5. The Bertz CT molecular complexity index is 520. The first kappa shape index (κ1) is 16.4. The second-order valence-corrected chi connectivity index (χ2v) is 6.07. The molecule has 116 valence electrons. The van der Waals surface area contributed by atoms with Gasteiger partial charge in [-0.15, -0.1) is 0 Å². The molecule has 1 unspecified atom stereocenters. The minimum atomic E-state index is -1.11. The maximum atomic E-state index is 14.4. The van der Waals surface area contributed by atoms with Gasteiger partial charge in [0, 0.05) is 36.2 Å². The van der Waals surface area contributed by atoms with Gasteiger partial charge in [-0.25, -0.2) is 9.18 Å². The first-order valence-corrected chi connectivity index (χ1v) is 7.88. The van der Waals surface area contributed by atoms with E-state index in [2.05, 4.69) is 21.2 Å². The van der Waals surface area contributed by atoms with Crippen molar-refractivity contribution in [2.75, 3.05) is 32.8 Å². The van der Waals surface area contributed by atoms with E-state index in [1.54, 1.807) is 26.0 Å². The molecule has 1 aromatic rings. The molecule has 1 atom stereocenters. The topological polar surface area (TPSA) is 41.6 Å². The molecule has 1 aromatic carbocycles. The summed E-state index contributed by atoms with van der Waals surface area (Å²) in [7, 11) is 0. The van der Waals surface area contributed by atoms with E-state index in [1.165, 1.54) is 6.07 Å². The van der Waals surface area contributed by atoms with Gasteiger partial charge in [0.2, 0.25) is 0 Å². The number of hydrogen-bond acceptors (Lipinski definition) is 4. The molecule has 1 N–H and O–H groups in total. The first-order valence-electron chi connectivity index (χ1n) is 7.08. The molecule has 0 aromatic heterocycles. The van der Waals surface area contributed by atoms with Crippen molar-refractivity contribution >= 4 is 21.9 Å². The van der Waals surface area contributed by atoms with Crippen molar-refractivity contribution in [2.24, 2.45) is 0 Å². The lowest BCUT2D eigenvalue weighted by Gasteiger charge is -2.41. The molecule has 0 saturated carbocycles. The Balaban J connectivity index is 2.45. The summed E-state index contributed by atoms with van der Waals surface area (Å²) in [6.45, 7) is 6.66. The number of benzene rings is 1. The van der Waals surface area contributed by atoms with Crippen LogP contribution in [-0.2, 0) is 15.1 Å². The van der Waals surface area contributed by atoms with Gasteiger partial charge in [-0.05, 0) is 26.0 Å². The standard InChI is InChI=1S/C15H20BrFN2O2/c1-3-21-14(20)15(2,19-8-6-18-7-9-19)12-5-4-11(16)10-13(12)17/h4-5,10,18H,3,6-9H2,1-2H3. The van der Waals surface area contributed by atoms with Crippen LogP contribution in [0.4, 0.5) is 4.39 Å². The quantitative estimate of drug-likeness (QED) is 0.838. The second kappa shape index (κ2) is 6.85. The number of carbonyl (C=O) groups excluding carboxylic acids is 1. The van der Waals surface area contributed by atoms with Crippen molar-refractivity contribution in [1.29, 1.82) is 0 Å². The maximum absolute atomic E-state index is 14.4. The number of nitrogens with zero attached hydrogens (tertiary/aromatic N) is 1. The maximum Gasteiger partial charge on any atom is 0.331 e. The van der Waals surface area contributed by atoms with Crippen molar-refractivity contribution in [2.45, 2.75) is 19.4 Å². The van der Waals surface area contributed by atoms with Crippen LogP contribution in [0, 0.1) is 5.82 Å². The SMILES string of the molecule is CCOC(=O)C(C)(c1ccc(Br)cc1F)N1CCNCC1. The van der Waals surface area contributed by atoms with Crippen LogP contribution in [0.15, 0.2) is 22.7 Å². The van der Waals surface area contributed by atoms with E-state index in [-0.39, 0.29) is 6.61 Å². The molecule has 6 heteroatoms. The Hall–Kier alpha value is -0.980. The lowest BCUT2D eigenvalue weighted by atomic mass is 9.88. The van der Waals surface area contributed by atoms with Crippen molar-refractivity contribution in [3.63, 3.8) is 0 Å². The number of halogens is 2. The van der Waals surface area contributed by atoms with Crippen LogP contribution in [-0.4, -0.2) is 43.7 Å². The molecular formula is C15H20BrFN2O2. The predicted molar refractivity (Wildman–Crippen MR) is 82.5 cm³/mol. The van der Waals surface area contributed by atoms with Crippen LogP contribution in [0.3, 0.4) is 0 Å². The third kappa shape index (κ3) is 3.27. The average Bonchev–Trinajstić information content (AvgIpc) is 2.47. The number of nitrogens with one attached hydrogen (secondary N) is 1. The van der Waals surface area contributed by atoms with Gasteiger partial charge < -0.3 is 10.1 Å². The third-order valence-electron chi connectivity index (χ3n) is 3.88. The molecule has 2 rings (SSSR count). The van der Waals surface area contributed by atoms with Gasteiger partial charge >= 0.3 is 5.97 Å². The van der Waals surface area contributed by atoms with Gasteiger partial charge in [0.25, 0.3) is 0 Å². The Morgan fingerprint density at radius 2 is 2.14 bits per heavy atom. The van der Waals surface area contributed by atoms with E-state index >= 15 is 0 Å². The van der Waals surface area contributed by atoms with Crippen molar-refractivity contribution in [1.82, 2.24) is 10.2 Å². The number of hydrogen-bond donors (Lipinski definition) is 1. The van der Waals surface area contributed by atoms with Crippen LogP contribution < -0.4 is 5.32 Å². The summed E-state index contributed by atoms with van der Waals surface area (Å²) >= 11 is 3.25. The zero-order valence-corrected chi connectivity index (χ0v) is 13.9. The van der Waals surface area contributed by atoms with Crippen molar-refractivity contribution in [3.05, 3.63) is 34.1 Å². The minimum Gasteiger partial charge on any atom is -0.464 e. The van der Waals surface area contributed by atoms with E-state index in [9.17, 15) is 9.18 Å². The number of esters is 1. The number of piperazine rings is 1. The molecule has 1 heterocycles. The summed E-state index contributed by atoms with van der Waals surface area (Å²) in [5, 5.41) is 3.24. The van der Waals surface area contributed by atoms with E-state index < -0.39 is 17.3 Å². The highest BCUT2D eigenvalue weighted by molar-refractivity contribution is 9.10. The minimum absolute atomic E-state index is 0.276. The van der Waals surface area contributed by atoms with Gasteiger partial charge in [0.1, 0.15) is 11.4 Å². The van der Waals surface area contributed by atoms with Gasteiger partial charge in [-0.2, -0.15) is 0 Å². The van der Waals surface area contributed by atoms with Gasteiger partial charge in [-0.1, -0.05) is 22.0 Å². The van der Waals surface area contributed by atoms with Crippen LogP contribution in [0.25, 0.3) is 0 Å². The summed E-state index contributed by atoms with van der Waals surface area (Å²) in [6, 6.07) is 4.78. The lowest BCUT2D eigenvalue weighted by Crippen LogP contribution is -2.57. The highest BCUT2D eigenvalue weighted by atomic mass is 79.9. The highest BCUT2D eigenvalue weighted by Crippen LogP contribution is 2.33. The molecule has 1 saturated heterocycles. The largest absolute Gasteiger partial charge is 0.464 e. The lowest BCUT2D eigenvalue weighted by molar-refractivity contribution is -0.158. The highest BCUT2D eigenvalue weighted by Gasteiger charge is 2.44. The second-order valence-electron chi connectivity index (χ2n) is 5.15. The van der Waals surface area contributed by atoms with Crippen molar-refractivity contribution < 1.29 is 13.9 Å². The molecule has 4 nitrogen and oxygen atoms in total. The molecule has 21 heavy (non-hydrogen) atoms. The third-order valence-corrected chi connectivity index (χ3v) is 4.37. The molecule has 1 aliphatic rings. The van der Waals surface area contributed by atoms with E-state index in [4.69, 9.17) is 4.74 Å². The van der Waals surface area contributed by atoms with Crippen LogP contribution in [0.5, 0.6) is 0 Å². The molecule has 1 aliphatic heterocycles. The normalized spacial score (nSPS) is 19.0. The molecule has 0 radical (unpaired) electrons. The molecule has 0 spiro atoms. The van der Waals surface area contributed by atoms with E-state index in [0.29, 0.717) is 23.1 Å². The summed E-state index contributed by atoms with van der Waals surface area (Å²) in [5.41, 5.74) is -0.755. The fraction of sp³-hybridized carbons (Fsp3) is 0.533.